The fourth-order valence-corrected chi connectivity index (χ4v) is 1.08. The molecule has 1 aromatic heterocycles. The minimum absolute atomic E-state index is 0.0301. The maximum absolute atomic E-state index is 11.4. The monoisotopic (exact) mass is 235 g/mol. The number of aryl methyl sites for hydroxylation is 1. The Hall–Kier alpha value is -2.49. The van der Waals surface area contributed by atoms with Crippen LogP contribution < -0.4 is 10.00 Å². The van der Waals surface area contributed by atoms with Gasteiger partial charge in [0.25, 0.3) is 5.91 Å². The number of carbonyl (C=O) groups is 2. The summed E-state index contributed by atoms with van der Waals surface area (Å²) in [5.41, 5.74) is 0.326. The Balaban J connectivity index is 2.58. The number of amides is 1. The topological polar surface area (TPSA) is 107 Å². The van der Waals surface area contributed by atoms with Gasteiger partial charge in [-0.3, -0.25) is 9.59 Å². The van der Waals surface area contributed by atoms with Gasteiger partial charge in [0.2, 0.25) is 0 Å². The van der Waals surface area contributed by atoms with Gasteiger partial charge in [0.05, 0.1) is 11.6 Å². The van der Waals surface area contributed by atoms with Gasteiger partial charge in [-0.25, -0.2) is 0 Å². The maximum Gasteiger partial charge on any atom is 0.309 e. The van der Waals surface area contributed by atoms with Crippen LogP contribution in [0.2, 0.25) is 0 Å². The van der Waals surface area contributed by atoms with Crippen molar-refractivity contribution < 1.29 is 19.4 Å². The van der Waals surface area contributed by atoms with E-state index in [-0.39, 0.29) is 25.4 Å². The number of nitrogens with one attached hydrogen (secondary N) is 1. The first-order chi connectivity index (χ1) is 8.13. The van der Waals surface area contributed by atoms with Gasteiger partial charge in [-0.1, -0.05) is 4.68 Å². The van der Waals surface area contributed by atoms with Crippen molar-refractivity contribution in [2.24, 2.45) is 0 Å². The third kappa shape index (κ3) is 4.25. The summed E-state index contributed by atoms with van der Waals surface area (Å²) < 4.78 is 1.43. The zero-order valence-corrected chi connectivity index (χ0v) is 8.96. The van der Waals surface area contributed by atoms with E-state index in [9.17, 15) is 9.59 Å². The lowest BCUT2D eigenvalue weighted by atomic mass is 10.3. The number of nitrogens with zero attached hydrogens (tertiary/aromatic N) is 3. The van der Waals surface area contributed by atoms with Crippen molar-refractivity contribution in [2.75, 3.05) is 6.54 Å². The van der Waals surface area contributed by atoms with Crippen LogP contribution in [-0.4, -0.2) is 28.6 Å². The van der Waals surface area contributed by atoms with Crippen molar-refractivity contribution in [1.82, 2.24) is 10.4 Å². The Labute approximate surface area is 97.3 Å². The molecule has 0 radical (unpaired) electrons. The molecule has 0 saturated heterocycles. The van der Waals surface area contributed by atoms with Crippen molar-refractivity contribution in [3.63, 3.8) is 0 Å². The Morgan fingerprint density at radius 1 is 1.59 bits per heavy atom. The number of aliphatic carboxylic acids is 1. The zero-order chi connectivity index (χ0) is 12.7. The maximum atomic E-state index is 11.4. The summed E-state index contributed by atoms with van der Waals surface area (Å²) in [7, 11) is 0. The van der Waals surface area contributed by atoms with E-state index in [1.165, 1.54) is 23.1 Å². The van der Waals surface area contributed by atoms with Crippen LogP contribution in [0.15, 0.2) is 18.5 Å². The highest BCUT2D eigenvalue weighted by atomic mass is 16.4. The van der Waals surface area contributed by atoms with E-state index in [1.54, 1.807) is 6.07 Å². The number of aromatic nitrogens is 2. The molecule has 1 rings (SSSR count). The normalized spacial score (nSPS) is 9.35. The van der Waals surface area contributed by atoms with Crippen LogP contribution in [0.4, 0.5) is 0 Å². The minimum atomic E-state index is -0.907. The van der Waals surface area contributed by atoms with Crippen LogP contribution in [0.5, 0.6) is 0 Å². The number of rotatable bonds is 5. The van der Waals surface area contributed by atoms with E-state index in [2.05, 4.69) is 10.4 Å². The van der Waals surface area contributed by atoms with Crippen molar-refractivity contribution in [3.05, 3.63) is 24.0 Å². The Bertz CT molecular complexity index is 450. The van der Waals surface area contributed by atoms with Gasteiger partial charge in [0.1, 0.15) is 19.2 Å². The van der Waals surface area contributed by atoms with Crippen molar-refractivity contribution in [3.8, 4) is 6.07 Å². The average Bonchev–Trinajstić information content (AvgIpc) is 2.34. The van der Waals surface area contributed by atoms with Crippen LogP contribution in [-0.2, 0) is 11.3 Å². The van der Waals surface area contributed by atoms with E-state index in [1.807, 2.05) is 0 Å². The Kier molecular flexibility index (Phi) is 4.57. The highest BCUT2D eigenvalue weighted by Gasteiger charge is 2.10. The van der Waals surface area contributed by atoms with Gasteiger partial charge in [0, 0.05) is 6.07 Å². The second-order valence-electron chi connectivity index (χ2n) is 3.16. The van der Waals surface area contributed by atoms with Crippen molar-refractivity contribution in [1.29, 1.82) is 5.26 Å². The molecule has 2 N–H and O–H groups in total. The first-order valence-electron chi connectivity index (χ1n) is 4.86. The minimum Gasteiger partial charge on any atom is -0.481 e. The quantitative estimate of drug-likeness (QED) is 0.508. The molecule has 0 unspecified atom stereocenters. The molecule has 7 nitrogen and oxygen atoms in total. The molecule has 7 heteroatoms. The summed E-state index contributed by atoms with van der Waals surface area (Å²) >= 11 is 0. The van der Waals surface area contributed by atoms with Crippen LogP contribution >= 0.6 is 0 Å². The molecule has 1 aromatic rings. The van der Waals surface area contributed by atoms with Crippen LogP contribution in [0.25, 0.3) is 0 Å². The summed E-state index contributed by atoms with van der Waals surface area (Å²) in [4.78, 5) is 21.7. The number of carboxylic acid groups (broad SMARTS) is 1. The largest absolute Gasteiger partial charge is 0.481 e. The SMILES string of the molecule is N#CCNC(=O)c1cc[n+](CCC(=O)O)nc1. The molecule has 17 heavy (non-hydrogen) atoms. The molecule has 0 saturated carbocycles. The molecule has 0 spiro atoms. The summed E-state index contributed by atoms with van der Waals surface area (Å²) in [5.74, 6) is -1.29. The molecule has 0 aliphatic carbocycles. The predicted octanol–water partition coefficient (Wildman–Crippen LogP) is -0.903. The summed E-state index contributed by atoms with van der Waals surface area (Å²) in [6.07, 6.45) is 2.82. The van der Waals surface area contributed by atoms with E-state index in [0.29, 0.717) is 5.56 Å². The van der Waals surface area contributed by atoms with E-state index in [0.717, 1.165) is 0 Å². The van der Waals surface area contributed by atoms with Gasteiger partial charge < -0.3 is 10.4 Å². The second-order valence-corrected chi connectivity index (χ2v) is 3.16. The highest BCUT2D eigenvalue weighted by Crippen LogP contribution is 1.92. The van der Waals surface area contributed by atoms with Crippen LogP contribution in [0, 0.1) is 11.3 Å². The van der Waals surface area contributed by atoms with Gasteiger partial charge >= 0.3 is 5.97 Å². The van der Waals surface area contributed by atoms with E-state index < -0.39 is 5.97 Å². The molecule has 1 amide bonds. The average molecular weight is 235 g/mol. The molecule has 0 fully saturated rings. The van der Waals surface area contributed by atoms with Gasteiger partial charge in [-0.2, -0.15) is 5.26 Å². The molecule has 0 bridgehead atoms. The lowest BCUT2D eigenvalue weighted by Gasteiger charge is -1.98. The summed E-state index contributed by atoms with van der Waals surface area (Å²) in [6.45, 7) is 0.183. The lowest BCUT2D eigenvalue weighted by molar-refractivity contribution is -0.753. The van der Waals surface area contributed by atoms with Gasteiger partial charge in [-0.15, -0.1) is 0 Å². The fourth-order valence-electron chi connectivity index (χ4n) is 1.08. The summed E-state index contributed by atoms with van der Waals surface area (Å²) in [5, 5.41) is 23.0. The molecule has 1 heterocycles. The molecule has 0 aliphatic rings. The summed E-state index contributed by atoms with van der Waals surface area (Å²) in [6, 6.07) is 3.31. The molecule has 0 atom stereocenters. The Morgan fingerprint density at radius 2 is 2.35 bits per heavy atom. The van der Waals surface area contributed by atoms with Gasteiger partial charge in [0.15, 0.2) is 12.7 Å². The highest BCUT2D eigenvalue weighted by molar-refractivity contribution is 5.93. The predicted molar refractivity (Wildman–Crippen MR) is 54.6 cm³/mol. The fraction of sp³-hybridized carbons (Fsp3) is 0.300. The van der Waals surface area contributed by atoms with E-state index in [4.69, 9.17) is 10.4 Å². The van der Waals surface area contributed by atoms with Crippen molar-refractivity contribution in [2.45, 2.75) is 13.0 Å². The Morgan fingerprint density at radius 3 is 2.88 bits per heavy atom. The second kappa shape index (κ2) is 6.17. The standard InChI is InChI=1S/C10H10N4O3/c11-3-4-12-10(17)8-1-5-14(13-7-8)6-2-9(15)16/h1,5,7H,2,4,6H2,(H-,12,15,16,17)/p+1. The van der Waals surface area contributed by atoms with Crippen LogP contribution in [0.1, 0.15) is 16.8 Å². The molecular weight excluding hydrogens is 224 g/mol. The smallest absolute Gasteiger partial charge is 0.309 e. The molecular formula is C10H11N4O3+. The zero-order valence-electron chi connectivity index (χ0n) is 8.96. The van der Waals surface area contributed by atoms with E-state index >= 15 is 0 Å². The molecule has 0 aromatic carbocycles. The number of hydrogen-bond donors (Lipinski definition) is 2. The van der Waals surface area contributed by atoms with Crippen LogP contribution in [0.3, 0.4) is 0 Å². The third-order valence-electron chi connectivity index (χ3n) is 1.92. The first kappa shape index (κ1) is 12.6. The van der Waals surface area contributed by atoms with Crippen molar-refractivity contribution >= 4 is 11.9 Å². The van der Waals surface area contributed by atoms with Gasteiger partial charge in [-0.05, 0) is 5.10 Å². The third-order valence-corrected chi connectivity index (χ3v) is 1.92. The molecule has 0 aliphatic heterocycles. The lowest BCUT2D eigenvalue weighted by Crippen LogP contribution is -2.39. The number of hydrogen-bond acceptors (Lipinski definition) is 4. The molecule has 88 valence electrons. The number of nitriles is 1. The number of carbonyl (C=O) groups excluding carboxylic acids is 1. The first-order valence-corrected chi connectivity index (χ1v) is 4.86. The number of carboxylic acids is 1.